The summed E-state index contributed by atoms with van der Waals surface area (Å²) in [6, 6.07) is 9.75. The van der Waals surface area contributed by atoms with Gasteiger partial charge in [-0.25, -0.2) is 0 Å². The maximum absolute atomic E-state index is 6.27. The summed E-state index contributed by atoms with van der Waals surface area (Å²) in [4.78, 5) is 2.61. The molecule has 0 spiro atoms. The van der Waals surface area contributed by atoms with E-state index in [1.165, 1.54) is 44.3 Å². The SMILES string of the molecule is CCN1CCCC1CNC1CC(c2ccccc2Cl)C1. The number of benzene rings is 1. The Morgan fingerprint density at radius 1 is 1.30 bits per heavy atom. The van der Waals surface area contributed by atoms with Crippen molar-refractivity contribution in [1.29, 1.82) is 0 Å². The van der Waals surface area contributed by atoms with E-state index in [0.29, 0.717) is 12.0 Å². The Balaban J connectivity index is 1.44. The first kappa shape index (κ1) is 14.4. The van der Waals surface area contributed by atoms with Gasteiger partial charge in [0, 0.05) is 23.7 Å². The molecule has 2 aliphatic rings. The summed E-state index contributed by atoms with van der Waals surface area (Å²) in [6.45, 7) is 5.91. The molecule has 1 aromatic rings. The molecule has 20 heavy (non-hydrogen) atoms. The molecule has 0 aromatic heterocycles. The van der Waals surface area contributed by atoms with Gasteiger partial charge >= 0.3 is 0 Å². The van der Waals surface area contributed by atoms with Crippen molar-refractivity contribution in [2.45, 2.75) is 50.6 Å². The van der Waals surface area contributed by atoms with Gasteiger partial charge < -0.3 is 5.32 Å². The van der Waals surface area contributed by atoms with E-state index in [1.54, 1.807) is 0 Å². The van der Waals surface area contributed by atoms with Crippen LogP contribution < -0.4 is 5.32 Å². The van der Waals surface area contributed by atoms with Crippen LogP contribution in [0.25, 0.3) is 0 Å². The molecule has 2 fully saturated rings. The smallest absolute Gasteiger partial charge is 0.0440 e. The molecular weight excluding hydrogens is 268 g/mol. The average molecular weight is 293 g/mol. The number of hydrogen-bond acceptors (Lipinski definition) is 2. The monoisotopic (exact) mass is 292 g/mol. The first-order valence-corrected chi connectivity index (χ1v) is 8.37. The second-order valence-corrected chi connectivity index (χ2v) is 6.63. The topological polar surface area (TPSA) is 15.3 Å². The normalized spacial score (nSPS) is 30.4. The lowest BCUT2D eigenvalue weighted by Gasteiger charge is -2.38. The van der Waals surface area contributed by atoms with Crippen LogP contribution in [0.1, 0.15) is 44.1 Å². The van der Waals surface area contributed by atoms with Gasteiger partial charge in [-0.2, -0.15) is 0 Å². The summed E-state index contributed by atoms with van der Waals surface area (Å²) in [7, 11) is 0. The third-order valence-electron chi connectivity index (χ3n) is 5.03. The zero-order valence-electron chi connectivity index (χ0n) is 12.3. The highest BCUT2D eigenvalue weighted by molar-refractivity contribution is 6.31. The molecule has 0 radical (unpaired) electrons. The van der Waals surface area contributed by atoms with Crippen LogP contribution in [0, 0.1) is 0 Å². The molecule has 3 rings (SSSR count). The second kappa shape index (κ2) is 6.46. The van der Waals surface area contributed by atoms with Crippen LogP contribution in [0.4, 0.5) is 0 Å². The molecule has 1 unspecified atom stereocenters. The molecule has 110 valence electrons. The fourth-order valence-electron chi connectivity index (χ4n) is 3.69. The van der Waals surface area contributed by atoms with Crippen molar-refractivity contribution in [3.63, 3.8) is 0 Å². The fraction of sp³-hybridized carbons (Fsp3) is 0.647. The van der Waals surface area contributed by atoms with Gasteiger partial charge in [-0.3, -0.25) is 4.90 Å². The van der Waals surface area contributed by atoms with Gasteiger partial charge in [0.1, 0.15) is 0 Å². The van der Waals surface area contributed by atoms with E-state index in [1.807, 2.05) is 12.1 Å². The fourth-order valence-corrected chi connectivity index (χ4v) is 3.98. The summed E-state index contributed by atoms with van der Waals surface area (Å²) in [5.41, 5.74) is 1.34. The Morgan fingerprint density at radius 3 is 2.85 bits per heavy atom. The lowest BCUT2D eigenvalue weighted by atomic mass is 9.76. The van der Waals surface area contributed by atoms with Crippen molar-refractivity contribution in [2.24, 2.45) is 0 Å². The third kappa shape index (κ3) is 3.03. The molecule has 2 nitrogen and oxygen atoms in total. The zero-order valence-corrected chi connectivity index (χ0v) is 13.1. The summed E-state index contributed by atoms with van der Waals surface area (Å²) in [6.07, 6.45) is 5.21. The molecule has 1 aliphatic heterocycles. The van der Waals surface area contributed by atoms with E-state index in [2.05, 4.69) is 29.3 Å². The average Bonchev–Trinajstić information content (AvgIpc) is 2.86. The zero-order chi connectivity index (χ0) is 13.9. The van der Waals surface area contributed by atoms with Gasteiger partial charge in [0.15, 0.2) is 0 Å². The van der Waals surface area contributed by atoms with E-state index in [0.717, 1.165) is 17.6 Å². The minimum Gasteiger partial charge on any atom is -0.312 e. The first-order chi connectivity index (χ1) is 9.78. The van der Waals surface area contributed by atoms with Gasteiger partial charge in [0.2, 0.25) is 0 Å². The molecule has 3 heteroatoms. The Hall–Kier alpha value is -0.570. The van der Waals surface area contributed by atoms with Gasteiger partial charge in [-0.05, 0) is 56.3 Å². The molecule has 1 aliphatic carbocycles. The van der Waals surface area contributed by atoms with Crippen molar-refractivity contribution in [2.75, 3.05) is 19.6 Å². The molecule has 0 bridgehead atoms. The summed E-state index contributed by atoms with van der Waals surface area (Å²) in [5, 5.41) is 4.69. The number of likely N-dealkylation sites (N-methyl/N-ethyl adjacent to an activating group) is 1. The Kier molecular flexibility index (Phi) is 4.65. The highest BCUT2D eigenvalue weighted by Crippen LogP contribution is 2.39. The predicted octanol–water partition coefficient (Wildman–Crippen LogP) is 3.66. The van der Waals surface area contributed by atoms with Crippen molar-refractivity contribution in [1.82, 2.24) is 10.2 Å². The van der Waals surface area contributed by atoms with Crippen LogP contribution in [-0.2, 0) is 0 Å². The number of hydrogen-bond donors (Lipinski definition) is 1. The van der Waals surface area contributed by atoms with Crippen molar-refractivity contribution >= 4 is 11.6 Å². The van der Waals surface area contributed by atoms with Gasteiger partial charge in [0.25, 0.3) is 0 Å². The summed E-state index contributed by atoms with van der Waals surface area (Å²) >= 11 is 6.27. The Labute approximate surface area is 127 Å². The second-order valence-electron chi connectivity index (χ2n) is 6.22. The van der Waals surface area contributed by atoms with Crippen molar-refractivity contribution in [3.05, 3.63) is 34.9 Å². The lowest BCUT2D eigenvalue weighted by Crippen LogP contribution is -2.46. The van der Waals surface area contributed by atoms with E-state index in [9.17, 15) is 0 Å². The van der Waals surface area contributed by atoms with Gasteiger partial charge in [0.05, 0.1) is 0 Å². The molecule has 1 saturated carbocycles. The molecular formula is C17H25ClN2. The van der Waals surface area contributed by atoms with Crippen LogP contribution in [0.3, 0.4) is 0 Å². The first-order valence-electron chi connectivity index (χ1n) is 7.99. The summed E-state index contributed by atoms with van der Waals surface area (Å²) in [5.74, 6) is 0.659. The highest BCUT2D eigenvalue weighted by Gasteiger charge is 2.32. The minimum atomic E-state index is 0.659. The van der Waals surface area contributed by atoms with E-state index in [-0.39, 0.29) is 0 Å². The Morgan fingerprint density at radius 2 is 2.10 bits per heavy atom. The van der Waals surface area contributed by atoms with Crippen LogP contribution in [-0.4, -0.2) is 36.6 Å². The standard InChI is InChI=1S/C17H25ClN2/c1-2-20-9-5-6-15(20)12-19-14-10-13(11-14)16-7-3-4-8-17(16)18/h3-4,7-8,13-15,19H,2,5-6,9-12H2,1H3. The van der Waals surface area contributed by atoms with Gasteiger partial charge in [-0.1, -0.05) is 36.7 Å². The number of nitrogens with one attached hydrogen (secondary N) is 1. The van der Waals surface area contributed by atoms with Crippen LogP contribution in [0.5, 0.6) is 0 Å². The van der Waals surface area contributed by atoms with Crippen LogP contribution in [0.15, 0.2) is 24.3 Å². The molecule has 1 N–H and O–H groups in total. The molecule has 1 heterocycles. The maximum atomic E-state index is 6.27. The quantitative estimate of drug-likeness (QED) is 0.891. The van der Waals surface area contributed by atoms with Crippen LogP contribution >= 0.6 is 11.6 Å². The van der Waals surface area contributed by atoms with Crippen LogP contribution in [0.2, 0.25) is 5.02 Å². The number of nitrogens with zero attached hydrogens (tertiary/aromatic N) is 1. The maximum Gasteiger partial charge on any atom is 0.0440 e. The lowest BCUT2D eigenvalue weighted by molar-refractivity contribution is 0.225. The predicted molar refractivity (Wildman–Crippen MR) is 85.5 cm³/mol. The molecule has 1 saturated heterocycles. The van der Waals surface area contributed by atoms with E-state index >= 15 is 0 Å². The molecule has 1 aromatic carbocycles. The van der Waals surface area contributed by atoms with Crippen molar-refractivity contribution in [3.8, 4) is 0 Å². The number of rotatable bonds is 5. The number of halogens is 1. The summed E-state index contributed by atoms with van der Waals surface area (Å²) < 4.78 is 0. The van der Waals surface area contributed by atoms with Gasteiger partial charge in [-0.15, -0.1) is 0 Å². The van der Waals surface area contributed by atoms with E-state index < -0.39 is 0 Å². The Bertz CT molecular complexity index is 442. The highest BCUT2D eigenvalue weighted by atomic mass is 35.5. The minimum absolute atomic E-state index is 0.659. The molecule has 1 atom stereocenters. The van der Waals surface area contributed by atoms with E-state index in [4.69, 9.17) is 11.6 Å². The molecule has 0 amide bonds. The largest absolute Gasteiger partial charge is 0.312 e. The number of likely N-dealkylation sites (tertiary alicyclic amines) is 1. The third-order valence-corrected chi connectivity index (χ3v) is 5.37. The van der Waals surface area contributed by atoms with Crippen molar-refractivity contribution < 1.29 is 0 Å².